The number of hydrogen-bond acceptors (Lipinski definition) is 5. The van der Waals surface area contributed by atoms with Crippen molar-refractivity contribution < 1.29 is 19.1 Å². The van der Waals surface area contributed by atoms with E-state index in [-0.39, 0.29) is 52.7 Å². The Morgan fingerprint density at radius 2 is 2.06 bits per heavy atom. The lowest BCUT2D eigenvalue weighted by molar-refractivity contribution is 0.0270. The molecule has 8 nitrogen and oxygen atoms in total. The Bertz CT molecular complexity index is 1280. The van der Waals surface area contributed by atoms with Crippen molar-refractivity contribution in [3.63, 3.8) is 0 Å². The largest absolute Gasteiger partial charge is 0.503 e. The fourth-order valence-corrected chi connectivity index (χ4v) is 5.90. The zero-order chi connectivity index (χ0) is 24.5. The van der Waals surface area contributed by atoms with E-state index in [1.54, 1.807) is 15.5 Å². The SMILES string of the molecule is CC(C)N1C[C@H](C)N2C(=O)c3c(O)c(=O)c(C(=O)NCc4cccc(Cl)c4F)c4n3C(CC4)C12. The molecule has 5 rings (SSSR count). The highest BCUT2D eigenvalue weighted by Crippen LogP contribution is 2.44. The lowest BCUT2D eigenvalue weighted by atomic mass is 10.0. The van der Waals surface area contributed by atoms with Crippen molar-refractivity contribution in [1.82, 2.24) is 19.7 Å². The Morgan fingerprint density at radius 3 is 2.76 bits per heavy atom. The normalized spacial score (nSPS) is 23.4. The van der Waals surface area contributed by atoms with Crippen molar-refractivity contribution in [2.24, 2.45) is 0 Å². The first-order valence-corrected chi connectivity index (χ1v) is 11.8. The molecule has 2 N–H and O–H groups in total. The number of amides is 2. The second-order valence-electron chi connectivity index (χ2n) is 9.49. The average Bonchev–Trinajstić information content (AvgIpc) is 3.36. The highest BCUT2D eigenvalue weighted by Gasteiger charge is 2.53. The number of nitrogens with zero attached hydrogens (tertiary/aromatic N) is 3. The number of aromatic hydroxyl groups is 1. The fraction of sp³-hybridized carbons (Fsp3) is 0.458. The Kier molecular flexibility index (Phi) is 5.44. The van der Waals surface area contributed by atoms with Crippen molar-refractivity contribution in [3.8, 4) is 5.75 Å². The van der Waals surface area contributed by atoms with Crippen LogP contribution in [-0.4, -0.2) is 56.1 Å². The van der Waals surface area contributed by atoms with E-state index in [1.165, 1.54) is 12.1 Å². The van der Waals surface area contributed by atoms with Crippen LogP contribution in [0.5, 0.6) is 5.75 Å². The number of aromatic nitrogens is 1. The van der Waals surface area contributed by atoms with Crippen LogP contribution < -0.4 is 10.7 Å². The number of pyridine rings is 1. The molecule has 3 aliphatic heterocycles. The third-order valence-electron chi connectivity index (χ3n) is 7.21. The molecule has 2 unspecified atom stereocenters. The van der Waals surface area contributed by atoms with Gasteiger partial charge in [-0.3, -0.25) is 19.3 Å². The van der Waals surface area contributed by atoms with E-state index in [4.69, 9.17) is 11.6 Å². The van der Waals surface area contributed by atoms with Crippen molar-refractivity contribution in [1.29, 1.82) is 0 Å². The van der Waals surface area contributed by atoms with Crippen LogP contribution >= 0.6 is 11.6 Å². The first-order valence-electron chi connectivity index (χ1n) is 11.4. The molecule has 2 amide bonds. The minimum absolute atomic E-state index is 0.0476. The molecule has 2 aromatic rings. The summed E-state index contributed by atoms with van der Waals surface area (Å²) in [5.74, 6) is -2.48. The number of benzene rings is 1. The standard InChI is InChI=1S/C24H26ClFN4O4/c1-11(2)28-10-12(3)29-23(28)16-8-7-15-17(20(31)21(32)19(24(29)34)30(15)16)22(33)27-9-13-5-4-6-14(25)18(13)26/h4-6,11-12,16,23,32H,7-10H2,1-3H3,(H,27,33)/t12-,16?,23?/m0/s1. The second kappa shape index (κ2) is 8.09. The topological polar surface area (TPSA) is 94.9 Å². The van der Waals surface area contributed by atoms with Gasteiger partial charge in [0.25, 0.3) is 11.8 Å². The Balaban J connectivity index is 1.56. The minimum Gasteiger partial charge on any atom is -0.503 e. The summed E-state index contributed by atoms with van der Waals surface area (Å²) in [4.78, 5) is 43.7. The molecule has 0 aliphatic carbocycles. The molecule has 180 valence electrons. The maximum atomic E-state index is 14.2. The predicted molar refractivity (Wildman–Crippen MR) is 124 cm³/mol. The Labute approximate surface area is 200 Å². The van der Waals surface area contributed by atoms with Crippen LogP contribution in [0.4, 0.5) is 4.39 Å². The van der Waals surface area contributed by atoms with Crippen LogP contribution in [0.3, 0.4) is 0 Å². The summed E-state index contributed by atoms with van der Waals surface area (Å²) in [5, 5.41) is 13.3. The number of halogens is 2. The molecule has 1 fully saturated rings. The van der Waals surface area contributed by atoms with Gasteiger partial charge in [-0.1, -0.05) is 23.7 Å². The summed E-state index contributed by atoms with van der Waals surface area (Å²) in [7, 11) is 0. The van der Waals surface area contributed by atoms with Crippen molar-refractivity contribution >= 4 is 23.4 Å². The van der Waals surface area contributed by atoms with Crippen LogP contribution in [0.2, 0.25) is 5.02 Å². The van der Waals surface area contributed by atoms with Gasteiger partial charge in [-0.2, -0.15) is 0 Å². The Morgan fingerprint density at radius 1 is 1.32 bits per heavy atom. The van der Waals surface area contributed by atoms with E-state index < -0.39 is 28.8 Å². The molecule has 1 aromatic heterocycles. The lowest BCUT2D eigenvalue weighted by Gasteiger charge is -2.43. The third-order valence-corrected chi connectivity index (χ3v) is 7.50. The van der Waals surface area contributed by atoms with E-state index in [0.717, 1.165) is 0 Å². The third kappa shape index (κ3) is 3.17. The molecule has 0 saturated carbocycles. The van der Waals surface area contributed by atoms with Gasteiger partial charge >= 0.3 is 0 Å². The molecule has 0 spiro atoms. The van der Waals surface area contributed by atoms with Gasteiger partial charge < -0.3 is 19.9 Å². The van der Waals surface area contributed by atoms with Crippen LogP contribution in [-0.2, 0) is 13.0 Å². The van der Waals surface area contributed by atoms with Gasteiger partial charge in [-0.25, -0.2) is 4.39 Å². The number of carbonyl (C=O) groups is 2. The number of rotatable bonds is 4. The zero-order valence-electron chi connectivity index (χ0n) is 19.1. The highest BCUT2D eigenvalue weighted by atomic mass is 35.5. The van der Waals surface area contributed by atoms with Crippen LogP contribution in [0.25, 0.3) is 0 Å². The molecular weight excluding hydrogens is 463 g/mol. The van der Waals surface area contributed by atoms with Gasteiger partial charge in [0.2, 0.25) is 5.43 Å². The maximum absolute atomic E-state index is 14.2. The second-order valence-corrected chi connectivity index (χ2v) is 9.89. The average molecular weight is 489 g/mol. The van der Waals surface area contributed by atoms with Gasteiger partial charge in [0.15, 0.2) is 11.4 Å². The van der Waals surface area contributed by atoms with E-state index in [2.05, 4.69) is 24.1 Å². The molecule has 34 heavy (non-hydrogen) atoms. The van der Waals surface area contributed by atoms with Gasteiger partial charge in [-0.05, 0) is 39.7 Å². The monoisotopic (exact) mass is 488 g/mol. The highest BCUT2D eigenvalue weighted by molar-refractivity contribution is 6.30. The summed E-state index contributed by atoms with van der Waals surface area (Å²) >= 11 is 5.81. The lowest BCUT2D eigenvalue weighted by Crippen LogP contribution is -2.55. The van der Waals surface area contributed by atoms with Crippen LogP contribution in [0, 0.1) is 5.82 Å². The molecule has 1 aromatic carbocycles. The molecule has 1 saturated heterocycles. The van der Waals surface area contributed by atoms with E-state index >= 15 is 0 Å². The van der Waals surface area contributed by atoms with Crippen LogP contribution in [0.15, 0.2) is 23.0 Å². The molecule has 10 heteroatoms. The molecule has 0 radical (unpaired) electrons. The zero-order valence-corrected chi connectivity index (χ0v) is 19.9. The molecule has 4 heterocycles. The molecule has 3 aliphatic rings. The summed E-state index contributed by atoms with van der Waals surface area (Å²) in [6.45, 7) is 6.62. The summed E-state index contributed by atoms with van der Waals surface area (Å²) < 4.78 is 15.9. The first-order chi connectivity index (χ1) is 16.1. The summed E-state index contributed by atoms with van der Waals surface area (Å²) in [5.41, 5.74) is -0.521. The van der Waals surface area contributed by atoms with E-state index in [0.29, 0.717) is 25.1 Å². The number of hydrogen-bond donors (Lipinski definition) is 2. The number of carbonyl (C=O) groups excluding carboxylic acids is 2. The van der Waals surface area contributed by atoms with E-state index in [1.807, 2.05) is 6.92 Å². The van der Waals surface area contributed by atoms with Gasteiger partial charge in [0, 0.05) is 36.4 Å². The predicted octanol–water partition coefficient (Wildman–Crippen LogP) is 2.66. The first kappa shape index (κ1) is 22.9. The Hall–Kier alpha value is -2.91. The van der Waals surface area contributed by atoms with Crippen molar-refractivity contribution in [3.05, 3.63) is 61.8 Å². The maximum Gasteiger partial charge on any atom is 0.276 e. The fourth-order valence-electron chi connectivity index (χ4n) is 5.71. The van der Waals surface area contributed by atoms with Crippen molar-refractivity contribution in [2.75, 3.05) is 6.54 Å². The summed E-state index contributed by atoms with van der Waals surface area (Å²) in [6.07, 6.45) is 0.831. The molecular formula is C24H26ClFN4O4. The van der Waals surface area contributed by atoms with Gasteiger partial charge in [-0.15, -0.1) is 0 Å². The molecule has 3 atom stereocenters. The minimum atomic E-state index is -0.884. The van der Waals surface area contributed by atoms with Gasteiger partial charge in [0.05, 0.1) is 11.1 Å². The van der Waals surface area contributed by atoms with Gasteiger partial charge in [0.1, 0.15) is 17.5 Å². The van der Waals surface area contributed by atoms with Crippen LogP contribution in [0.1, 0.15) is 65.3 Å². The smallest absolute Gasteiger partial charge is 0.276 e. The number of nitrogens with one attached hydrogen (secondary N) is 1. The quantitative estimate of drug-likeness (QED) is 0.690. The summed E-state index contributed by atoms with van der Waals surface area (Å²) in [6, 6.07) is 4.40. The number of fused-ring (bicyclic) bond motifs is 2. The van der Waals surface area contributed by atoms with E-state index in [9.17, 15) is 23.9 Å². The molecule has 0 bridgehead atoms. The van der Waals surface area contributed by atoms with Crippen molar-refractivity contribution in [2.45, 2.75) is 64.4 Å².